The zero-order valence-corrected chi connectivity index (χ0v) is 17.0. The number of furan rings is 1. The highest BCUT2D eigenvalue weighted by Crippen LogP contribution is 2.23. The summed E-state index contributed by atoms with van der Waals surface area (Å²) in [5.41, 5.74) is 1.71. The van der Waals surface area contributed by atoms with E-state index >= 15 is 0 Å². The van der Waals surface area contributed by atoms with Gasteiger partial charge in [0.2, 0.25) is 0 Å². The van der Waals surface area contributed by atoms with Crippen LogP contribution in [-0.4, -0.2) is 23.7 Å². The van der Waals surface area contributed by atoms with Gasteiger partial charge in [0.1, 0.15) is 5.58 Å². The van der Waals surface area contributed by atoms with Gasteiger partial charge in [-0.05, 0) is 37.3 Å². The fraction of sp³-hybridized carbons (Fsp3) is 0.200. The molecule has 2 aromatic heterocycles. The van der Waals surface area contributed by atoms with Crippen LogP contribution in [0.1, 0.15) is 17.5 Å². The number of hydrogen-bond donors (Lipinski definition) is 0. The molecule has 0 radical (unpaired) electrons. The van der Waals surface area contributed by atoms with Crippen LogP contribution in [0.2, 0.25) is 0 Å². The fourth-order valence-corrected chi connectivity index (χ4v) is 4.48. The Balaban J connectivity index is 1.78. The minimum Gasteiger partial charge on any atom is -0.451 e. The van der Waals surface area contributed by atoms with Crippen LogP contribution in [0.15, 0.2) is 62.4 Å². The summed E-state index contributed by atoms with van der Waals surface area (Å²) in [5.74, 6) is -0.145. The third-order valence-electron chi connectivity index (χ3n) is 4.14. The number of benzene rings is 2. The van der Waals surface area contributed by atoms with Gasteiger partial charge in [0, 0.05) is 23.0 Å². The molecule has 0 aliphatic heterocycles. The van der Waals surface area contributed by atoms with Gasteiger partial charge in [-0.3, -0.25) is 4.79 Å². The highest BCUT2D eigenvalue weighted by molar-refractivity contribution is 9.10. The second kappa shape index (κ2) is 7.80. The number of fused-ring (bicyclic) bond motifs is 2. The van der Waals surface area contributed by atoms with Gasteiger partial charge in [0.05, 0.1) is 16.8 Å². The maximum absolute atomic E-state index is 12.7. The number of carbonyl (C=O) groups excluding carboxylic acids is 1. The second-order valence-corrected chi connectivity index (χ2v) is 7.84. The Labute approximate surface area is 168 Å². The Morgan fingerprint density at radius 2 is 2.11 bits per heavy atom. The van der Waals surface area contributed by atoms with E-state index in [-0.39, 0.29) is 11.7 Å². The molecule has 4 aromatic rings. The van der Waals surface area contributed by atoms with Crippen LogP contribution >= 0.6 is 27.3 Å². The quantitative estimate of drug-likeness (QED) is 0.407. The van der Waals surface area contributed by atoms with Gasteiger partial charge in [0.25, 0.3) is 0 Å². The average molecular weight is 445 g/mol. The molecule has 4 rings (SSSR count). The number of ether oxygens (including phenoxy) is 1. The Bertz CT molecular complexity index is 1160. The lowest BCUT2D eigenvalue weighted by Gasteiger charge is -2.05. The molecule has 5 nitrogen and oxygen atoms in total. The van der Waals surface area contributed by atoms with E-state index in [9.17, 15) is 4.79 Å². The van der Waals surface area contributed by atoms with Gasteiger partial charge in [-0.1, -0.05) is 45.5 Å². The first-order chi connectivity index (χ1) is 13.2. The molecule has 0 aliphatic rings. The summed E-state index contributed by atoms with van der Waals surface area (Å²) in [6.45, 7) is 3.80. The van der Waals surface area contributed by atoms with Crippen molar-refractivity contribution >= 4 is 54.4 Å². The van der Waals surface area contributed by atoms with E-state index in [1.54, 1.807) is 6.07 Å². The van der Waals surface area contributed by atoms with E-state index in [0.29, 0.717) is 30.1 Å². The number of hydrogen-bond acceptors (Lipinski definition) is 4. The van der Waals surface area contributed by atoms with Gasteiger partial charge in [-0.15, -0.1) is 0 Å². The number of para-hydroxylation sites is 1. The van der Waals surface area contributed by atoms with Gasteiger partial charge < -0.3 is 13.7 Å². The number of carbonyl (C=O) groups is 1. The molecule has 2 heterocycles. The van der Waals surface area contributed by atoms with E-state index < -0.39 is 0 Å². The summed E-state index contributed by atoms with van der Waals surface area (Å²) in [4.78, 5) is 17.7. The molecule has 0 saturated carbocycles. The molecule has 0 saturated heterocycles. The first-order valence-corrected chi connectivity index (χ1v) is 10.2. The van der Waals surface area contributed by atoms with Crippen molar-refractivity contribution in [1.82, 2.24) is 4.57 Å². The van der Waals surface area contributed by atoms with Crippen LogP contribution in [-0.2, 0) is 11.3 Å². The average Bonchev–Trinajstić information content (AvgIpc) is 3.23. The standard InChI is InChI=1S/C20H17BrN2O3S/c1-2-25-10-9-23-15-8-7-14(21)12-18(15)27-20(23)22-19(24)17-11-13-5-3-4-6-16(13)26-17/h3-8,11-12H,2,9-10H2,1H3. The normalized spacial score (nSPS) is 12.3. The Hall–Kier alpha value is -2.22. The molecule has 1 amide bonds. The molecule has 0 N–H and O–H groups in total. The van der Waals surface area contributed by atoms with Crippen LogP contribution in [0.25, 0.3) is 21.2 Å². The lowest BCUT2D eigenvalue weighted by molar-refractivity contribution is 0.0972. The number of thiazole rings is 1. The lowest BCUT2D eigenvalue weighted by atomic mass is 10.2. The Kier molecular flexibility index (Phi) is 5.24. The van der Waals surface area contributed by atoms with Gasteiger partial charge in [-0.2, -0.15) is 4.99 Å². The van der Waals surface area contributed by atoms with Crippen molar-refractivity contribution < 1.29 is 13.9 Å². The second-order valence-electron chi connectivity index (χ2n) is 5.91. The first-order valence-electron chi connectivity index (χ1n) is 8.60. The summed E-state index contributed by atoms with van der Waals surface area (Å²) in [5, 5.41) is 0.889. The van der Waals surface area contributed by atoms with Crippen molar-refractivity contribution in [1.29, 1.82) is 0 Å². The number of amides is 1. The predicted molar refractivity (Wildman–Crippen MR) is 110 cm³/mol. The summed E-state index contributed by atoms with van der Waals surface area (Å²) in [6.07, 6.45) is 0. The molecule has 0 aliphatic carbocycles. The topological polar surface area (TPSA) is 56.7 Å². The molecule has 0 bridgehead atoms. The summed E-state index contributed by atoms with van der Waals surface area (Å²) in [7, 11) is 0. The number of nitrogens with zero attached hydrogens (tertiary/aromatic N) is 2. The van der Waals surface area contributed by atoms with Crippen molar-refractivity contribution in [2.45, 2.75) is 13.5 Å². The van der Waals surface area contributed by atoms with E-state index in [0.717, 1.165) is 20.1 Å². The van der Waals surface area contributed by atoms with Gasteiger partial charge in [0.15, 0.2) is 10.6 Å². The SMILES string of the molecule is CCOCCn1c(=NC(=O)c2cc3ccccc3o2)sc2cc(Br)ccc21. The lowest BCUT2D eigenvalue weighted by Crippen LogP contribution is -2.19. The van der Waals surface area contributed by atoms with Crippen LogP contribution in [0.5, 0.6) is 0 Å². The maximum Gasteiger partial charge on any atom is 0.315 e. The fourth-order valence-electron chi connectivity index (χ4n) is 2.88. The first kappa shape index (κ1) is 18.2. The minimum atomic E-state index is -0.387. The van der Waals surface area contributed by atoms with E-state index in [2.05, 4.69) is 20.9 Å². The molecule has 0 spiro atoms. The zero-order valence-electron chi connectivity index (χ0n) is 14.6. The summed E-state index contributed by atoms with van der Waals surface area (Å²) < 4.78 is 15.2. The predicted octanol–water partition coefficient (Wildman–Crippen LogP) is 4.99. The largest absolute Gasteiger partial charge is 0.451 e. The number of aromatic nitrogens is 1. The van der Waals surface area contributed by atoms with Crippen LogP contribution < -0.4 is 4.80 Å². The van der Waals surface area contributed by atoms with Crippen molar-refractivity contribution in [3.05, 3.63) is 63.6 Å². The van der Waals surface area contributed by atoms with Crippen molar-refractivity contribution in [3.63, 3.8) is 0 Å². The van der Waals surface area contributed by atoms with Crippen molar-refractivity contribution in [3.8, 4) is 0 Å². The molecule has 27 heavy (non-hydrogen) atoms. The van der Waals surface area contributed by atoms with Gasteiger partial charge in [-0.25, -0.2) is 0 Å². The molecule has 7 heteroatoms. The smallest absolute Gasteiger partial charge is 0.315 e. The summed E-state index contributed by atoms with van der Waals surface area (Å²) in [6, 6.07) is 15.3. The molecular formula is C20H17BrN2O3S. The highest BCUT2D eigenvalue weighted by atomic mass is 79.9. The molecule has 0 atom stereocenters. The van der Waals surface area contributed by atoms with E-state index in [1.165, 1.54) is 11.3 Å². The third-order valence-corrected chi connectivity index (χ3v) is 5.68. The maximum atomic E-state index is 12.7. The Morgan fingerprint density at radius 1 is 1.26 bits per heavy atom. The van der Waals surface area contributed by atoms with Crippen molar-refractivity contribution in [2.75, 3.05) is 13.2 Å². The number of rotatable bonds is 5. The van der Waals surface area contributed by atoms with Crippen LogP contribution in [0, 0.1) is 0 Å². The van der Waals surface area contributed by atoms with Crippen LogP contribution in [0.3, 0.4) is 0 Å². The number of halogens is 1. The zero-order chi connectivity index (χ0) is 18.8. The molecular weight excluding hydrogens is 428 g/mol. The minimum absolute atomic E-state index is 0.242. The molecule has 0 fully saturated rings. The molecule has 138 valence electrons. The van der Waals surface area contributed by atoms with Crippen LogP contribution in [0.4, 0.5) is 0 Å². The monoisotopic (exact) mass is 444 g/mol. The molecule has 2 aromatic carbocycles. The third kappa shape index (κ3) is 3.76. The Morgan fingerprint density at radius 3 is 2.93 bits per heavy atom. The van der Waals surface area contributed by atoms with Crippen molar-refractivity contribution in [2.24, 2.45) is 4.99 Å². The van der Waals surface area contributed by atoms with Gasteiger partial charge >= 0.3 is 5.91 Å². The molecule has 0 unspecified atom stereocenters. The van der Waals surface area contributed by atoms with E-state index in [1.807, 2.05) is 54.0 Å². The summed E-state index contributed by atoms with van der Waals surface area (Å²) >= 11 is 4.97. The van der Waals surface area contributed by atoms with E-state index in [4.69, 9.17) is 9.15 Å². The highest BCUT2D eigenvalue weighted by Gasteiger charge is 2.13.